The zero-order valence-corrected chi connectivity index (χ0v) is 24.5. The van der Waals surface area contributed by atoms with E-state index in [1.165, 1.54) is 0 Å². The van der Waals surface area contributed by atoms with Crippen molar-refractivity contribution >= 4 is 12.4 Å². The van der Waals surface area contributed by atoms with E-state index in [-0.39, 0.29) is 18.8 Å². The fourth-order valence-electron chi connectivity index (χ4n) is 5.66. The highest BCUT2D eigenvalue weighted by Gasteiger charge is 2.46. The fraction of sp³-hybridized carbons (Fsp3) is 0.548. The second-order valence-electron chi connectivity index (χ2n) is 10.6. The van der Waals surface area contributed by atoms with E-state index in [0.29, 0.717) is 48.5 Å². The summed E-state index contributed by atoms with van der Waals surface area (Å²) in [5.41, 5.74) is 1.75. The number of carbonyl (C=O) groups is 2. The number of fused-ring (bicyclic) bond motifs is 2. The van der Waals surface area contributed by atoms with Crippen LogP contribution in [0.3, 0.4) is 0 Å². The summed E-state index contributed by atoms with van der Waals surface area (Å²) in [5, 5.41) is 10.2. The number of ether oxygens (including phenoxy) is 5. The number of likely N-dealkylation sites (N-methyl/N-ethyl adjacent to an activating group) is 1. The van der Waals surface area contributed by atoms with Gasteiger partial charge in [0.2, 0.25) is 19.0 Å². The van der Waals surface area contributed by atoms with Crippen LogP contribution < -0.4 is 23.7 Å². The number of carbonyl (C=O) groups excluding carboxylic acids is 1. The van der Waals surface area contributed by atoms with Crippen LogP contribution in [0.4, 0.5) is 0 Å². The lowest BCUT2D eigenvalue weighted by Crippen LogP contribution is -2.26. The molecule has 3 heterocycles. The minimum Gasteiger partial charge on any atom is -0.493 e. The molecule has 0 saturated carbocycles. The quantitative estimate of drug-likeness (QED) is 0.384. The summed E-state index contributed by atoms with van der Waals surface area (Å²) in [6.07, 6.45) is 5.54. The Balaban J connectivity index is 0.000000301. The summed E-state index contributed by atoms with van der Waals surface area (Å²) >= 11 is 0. The number of hydrogen-bond donors (Lipinski definition) is 1. The molecule has 1 fully saturated rings. The molecule has 10 heteroatoms. The molecule has 0 aliphatic carbocycles. The summed E-state index contributed by atoms with van der Waals surface area (Å²) < 4.78 is 27.8. The average Bonchev–Trinajstić information content (AvgIpc) is 3.61. The first-order valence-corrected chi connectivity index (χ1v) is 14.4. The van der Waals surface area contributed by atoms with Gasteiger partial charge in [0.1, 0.15) is 13.2 Å². The van der Waals surface area contributed by atoms with Crippen LogP contribution in [0.25, 0.3) is 0 Å². The van der Waals surface area contributed by atoms with Gasteiger partial charge in [-0.1, -0.05) is 32.8 Å². The van der Waals surface area contributed by atoms with E-state index < -0.39 is 11.9 Å². The molecule has 41 heavy (non-hydrogen) atoms. The molecule has 1 amide bonds. The molecule has 0 aromatic heterocycles. The van der Waals surface area contributed by atoms with Crippen molar-refractivity contribution < 1.29 is 38.4 Å². The maximum atomic E-state index is 12.4. The summed E-state index contributed by atoms with van der Waals surface area (Å²) in [5.74, 6) is 1.30. The number of benzene rings is 2. The molecule has 0 spiro atoms. The molecule has 3 unspecified atom stereocenters. The molecule has 1 saturated heterocycles. The number of likely N-dealkylation sites (tertiary alicyclic amines) is 1. The number of nitrogens with zero attached hydrogens (tertiary/aromatic N) is 2. The number of carboxylic acids is 1. The molecule has 5 rings (SSSR count). The van der Waals surface area contributed by atoms with E-state index in [0.717, 1.165) is 56.3 Å². The highest BCUT2D eigenvalue weighted by molar-refractivity contribution is 5.74. The zero-order chi connectivity index (χ0) is 29.4. The van der Waals surface area contributed by atoms with Crippen LogP contribution in [0.2, 0.25) is 0 Å². The molecular formula is C31H42N2O8. The highest BCUT2D eigenvalue weighted by atomic mass is 16.7. The van der Waals surface area contributed by atoms with E-state index in [4.69, 9.17) is 23.7 Å². The Kier molecular flexibility index (Phi) is 10.6. The van der Waals surface area contributed by atoms with Crippen LogP contribution in [0.1, 0.15) is 62.6 Å². The van der Waals surface area contributed by atoms with Crippen molar-refractivity contribution in [2.24, 2.45) is 5.92 Å². The second kappa shape index (κ2) is 14.3. The van der Waals surface area contributed by atoms with Crippen LogP contribution >= 0.6 is 0 Å². The first-order valence-electron chi connectivity index (χ1n) is 14.4. The molecule has 1 N–H and O–H groups in total. The SMILES string of the molecule is CCCCN(C=O)CCCC.COc1cc(C2CN(C)C(c3ccc4c(c3)OCCO4)C2C(=O)O)cc2c1OCO2. The molecule has 10 nitrogen and oxygen atoms in total. The number of rotatable bonds is 11. The normalized spacial score (nSPS) is 20.6. The van der Waals surface area contributed by atoms with Gasteiger partial charge in [0.05, 0.1) is 13.0 Å². The van der Waals surface area contributed by atoms with Gasteiger partial charge in [-0.25, -0.2) is 0 Å². The Morgan fingerprint density at radius 2 is 1.68 bits per heavy atom. The third kappa shape index (κ3) is 6.98. The number of amides is 1. The van der Waals surface area contributed by atoms with Crippen LogP contribution in [0.15, 0.2) is 30.3 Å². The maximum absolute atomic E-state index is 12.4. The Labute approximate surface area is 242 Å². The number of unbranched alkanes of at least 4 members (excludes halogenated alkanes) is 2. The standard InChI is InChI=1S/C22H23NO7.C9H19NO/c1-23-10-14(13-8-17(26-2)21-18(9-13)29-11-30-21)19(22(24)25)20(23)12-3-4-15-16(7-12)28-6-5-27-15;1-3-5-7-10(9-11)8-6-4-2/h3-4,7-9,14,19-20H,5-6,10-11H2,1-2H3,(H,24,25);9H,3-8H2,1-2H3. The van der Waals surface area contributed by atoms with Crippen LogP contribution in [-0.4, -0.2) is 81.1 Å². The number of hydrogen-bond acceptors (Lipinski definition) is 8. The lowest BCUT2D eigenvalue weighted by Gasteiger charge is -2.26. The summed E-state index contributed by atoms with van der Waals surface area (Å²) in [6, 6.07) is 9.09. The Bertz CT molecular complexity index is 1180. The van der Waals surface area contributed by atoms with Crippen molar-refractivity contribution in [1.29, 1.82) is 0 Å². The predicted molar refractivity (Wildman–Crippen MR) is 153 cm³/mol. The highest BCUT2D eigenvalue weighted by Crippen LogP contribution is 2.50. The van der Waals surface area contributed by atoms with E-state index in [1.807, 2.05) is 42.3 Å². The van der Waals surface area contributed by atoms with E-state index in [1.54, 1.807) is 7.11 Å². The third-order valence-electron chi connectivity index (χ3n) is 7.78. The van der Waals surface area contributed by atoms with Crippen LogP contribution in [-0.2, 0) is 9.59 Å². The fourth-order valence-corrected chi connectivity index (χ4v) is 5.66. The number of methoxy groups -OCH3 is 1. The molecule has 2 aromatic carbocycles. The predicted octanol–water partition coefficient (Wildman–Crippen LogP) is 4.71. The number of carboxylic acid groups (broad SMARTS) is 1. The lowest BCUT2D eigenvalue weighted by molar-refractivity contribution is -0.143. The molecular weight excluding hydrogens is 528 g/mol. The molecule has 224 valence electrons. The van der Waals surface area contributed by atoms with Gasteiger partial charge in [0.15, 0.2) is 23.0 Å². The van der Waals surface area contributed by atoms with Crippen LogP contribution in [0.5, 0.6) is 28.7 Å². The summed E-state index contributed by atoms with van der Waals surface area (Å²) in [6.45, 7) is 7.85. The molecule has 3 atom stereocenters. The smallest absolute Gasteiger partial charge is 0.309 e. The topological polar surface area (TPSA) is 107 Å². The van der Waals surface area contributed by atoms with Gasteiger partial charge >= 0.3 is 5.97 Å². The van der Waals surface area contributed by atoms with E-state index >= 15 is 0 Å². The van der Waals surface area contributed by atoms with Crippen molar-refractivity contribution in [1.82, 2.24) is 9.80 Å². The summed E-state index contributed by atoms with van der Waals surface area (Å²) in [4.78, 5) is 26.8. The van der Waals surface area contributed by atoms with Crippen molar-refractivity contribution in [2.45, 2.75) is 51.5 Å². The minimum absolute atomic E-state index is 0.127. The largest absolute Gasteiger partial charge is 0.493 e. The van der Waals surface area contributed by atoms with Crippen molar-refractivity contribution in [3.05, 3.63) is 41.5 Å². The minimum atomic E-state index is -0.846. The van der Waals surface area contributed by atoms with Gasteiger partial charge < -0.3 is 33.7 Å². The van der Waals surface area contributed by atoms with Gasteiger partial charge in [0.25, 0.3) is 0 Å². The summed E-state index contributed by atoms with van der Waals surface area (Å²) in [7, 11) is 3.51. The first kappa shape index (κ1) is 30.3. The van der Waals surface area contributed by atoms with Crippen LogP contribution in [0, 0.1) is 5.92 Å². The van der Waals surface area contributed by atoms with E-state index in [9.17, 15) is 14.7 Å². The molecule has 0 bridgehead atoms. The molecule has 3 aliphatic rings. The Morgan fingerprint density at radius 3 is 2.32 bits per heavy atom. The Hall–Kier alpha value is -3.66. The van der Waals surface area contributed by atoms with Gasteiger partial charge in [0, 0.05) is 31.6 Å². The van der Waals surface area contributed by atoms with Gasteiger partial charge in [-0.3, -0.25) is 14.5 Å². The van der Waals surface area contributed by atoms with Crippen molar-refractivity contribution in [3.63, 3.8) is 0 Å². The third-order valence-corrected chi connectivity index (χ3v) is 7.78. The van der Waals surface area contributed by atoms with E-state index in [2.05, 4.69) is 18.7 Å². The molecule has 0 radical (unpaired) electrons. The lowest BCUT2D eigenvalue weighted by atomic mass is 9.82. The monoisotopic (exact) mass is 570 g/mol. The first-order chi connectivity index (χ1) is 19.9. The Morgan fingerprint density at radius 1 is 1.00 bits per heavy atom. The van der Waals surface area contributed by atoms with Gasteiger partial charge in [-0.15, -0.1) is 0 Å². The van der Waals surface area contributed by atoms with Gasteiger partial charge in [-0.2, -0.15) is 0 Å². The number of aliphatic carboxylic acids is 1. The molecule has 3 aliphatic heterocycles. The second-order valence-corrected chi connectivity index (χ2v) is 10.6. The van der Waals surface area contributed by atoms with Gasteiger partial charge in [-0.05, 0) is 55.3 Å². The molecule has 2 aromatic rings. The van der Waals surface area contributed by atoms with Crippen molar-refractivity contribution in [3.8, 4) is 28.7 Å². The zero-order valence-electron chi connectivity index (χ0n) is 24.5. The van der Waals surface area contributed by atoms with Crippen molar-refractivity contribution in [2.75, 3.05) is 53.8 Å². The average molecular weight is 571 g/mol. The maximum Gasteiger partial charge on any atom is 0.309 e.